The van der Waals surface area contributed by atoms with Crippen LogP contribution in [-0.2, 0) is 14.4 Å². The summed E-state index contributed by atoms with van der Waals surface area (Å²) in [5, 5.41) is 11.5. The van der Waals surface area contributed by atoms with Gasteiger partial charge in [0.05, 0.1) is 6.54 Å². The summed E-state index contributed by atoms with van der Waals surface area (Å²) in [6.45, 7) is 2.43. The highest BCUT2D eigenvalue weighted by Gasteiger charge is 2.31. The number of ether oxygens (including phenoxy) is 1. The Hall–Kier alpha value is -3.23. The van der Waals surface area contributed by atoms with E-state index >= 15 is 0 Å². The summed E-state index contributed by atoms with van der Waals surface area (Å²) in [6, 6.07) is 11.0. The van der Waals surface area contributed by atoms with E-state index in [0.29, 0.717) is 21.9 Å². The van der Waals surface area contributed by atoms with Crippen molar-refractivity contribution in [3.63, 3.8) is 0 Å². The predicted octanol–water partition coefficient (Wildman–Crippen LogP) is 1.83. The number of amides is 1. The lowest BCUT2D eigenvalue weighted by atomic mass is 10.0. The molecule has 8 nitrogen and oxygen atoms in total. The van der Waals surface area contributed by atoms with Gasteiger partial charge in [-0.25, -0.2) is 0 Å². The molecule has 2 aromatic rings. The number of halogens is 1. The third-order valence-corrected chi connectivity index (χ3v) is 4.43. The molecule has 1 amide bonds. The molecule has 0 aliphatic carbocycles. The minimum Gasteiger partial charge on any atom is -0.480 e. The molecule has 0 aromatic heterocycles. The largest absolute Gasteiger partial charge is 0.480 e. The lowest BCUT2D eigenvalue weighted by Gasteiger charge is -2.25. The Kier molecular flexibility index (Phi) is 7.31. The van der Waals surface area contributed by atoms with Crippen LogP contribution in [0.4, 0.5) is 0 Å². The fourth-order valence-electron chi connectivity index (χ4n) is 2.41. The van der Waals surface area contributed by atoms with Crippen molar-refractivity contribution in [3.05, 3.63) is 64.7 Å². The van der Waals surface area contributed by atoms with Gasteiger partial charge in [-0.15, -0.1) is 0 Å². The summed E-state index contributed by atoms with van der Waals surface area (Å²) in [6.07, 6.45) is 0. The van der Waals surface area contributed by atoms with Crippen molar-refractivity contribution in [2.24, 2.45) is 5.73 Å². The second-order valence-corrected chi connectivity index (χ2v) is 7.37. The van der Waals surface area contributed by atoms with Gasteiger partial charge in [-0.1, -0.05) is 11.6 Å². The SMILES string of the molecule is CC(C)(Oc1ccc(C(=O)c2ccc(Cl)cc2)cc1)C(=O)NCC(=O)C(N)C(=O)O. The maximum atomic E-state index is 12.5. The molecule has 0 fully saturated rings. The Balaban J connectivity index is 2.00. The first-order valence-corrected chi connectivity index (χ1v) is 9.28. The van der Waals surface area contributed by atoms with Crippen LogP contribution in [0.3, 0.4) is 0 Å². The van der Waals surface area contributed by atoms with E-state index in [9.17, 15) is 19.2 Å². The second kappa shape index (κ2) is 9.51. The molecule has 2 aromatic carbocycles. The molecule has 2 rings (SSSR count). The normalized spacial score (nSPS) is 12.0. The smallest absolute Gasteiger partial charge is 0.328 e. The first-order chi connectivity index (χ1) is 14.0. The number of benzene rings is 2. The molecule has 0 radical (unpaired) electrons. The molecule has 0 spiro atoms. The van der Waals surface area contributed by atoms with Gasteiger partial charge in [-0.05, 0) is 62.4 Å². The van der Waals surface area contributed by atoms with E-state index in [-0.39, 0.29) is 5.78 Å². The van der Waals surface area contributed by atoms with Gasteiger partial charge in [-0.2, -0.15) is 0 Å². The number of aliphatic carboxylic acids is 1. The Labute approximate surface area is 178 Å². The third-order valence-electron chi connectivity index (χ3n) is 4.18. The number of nitrogens with two attached hydrogens (primary N) is 1. The molecule has 0 bridgehead atoms. The zero-order valence-corrected chi connectivity index (χ0v) is 17.1. The summed E-state index contributed by atoms with van der Waals surface area (Å²) >= 11 is 5.83. The first-order valence-electron chi connectivity index (χ1n) is 8.90. The number of Topliss-reactive ketones (excluding diaryl/α,β-unsaturated/α-hetero) is 1. The van der Waals surface area contributed by atoms with Crippen LogP contribution in [0, 0.1) is 0 Å². The molecule has 0 saturated carbocycles. The average molecular weight is 433 g/mol. The van der Waals surface area contributed by atoms with Crippen molar-refractivity contribution >= 4 is 35.0 Å². The van der Waals surface area contributed by atoms with Crippen LogP contribution in [0.1, 0.15) is 29.8 Å². The summed E-state index contributed by atoms with van der Waals surface area (Å²) in [5.74, 6) is -2.80. The maximum absolute atomic E-state index is 12.5. The number of nitrogens with one attached hydrogen (secondary N) is 1. The standard InChI is InChI=1S/C21H21ClN2O6/c1-21(2,20(29)24-11-16(25)17(23)19(27)28)30-15-9-5-13(6-10-15)18(26)12-3-7-14(22)8-4-12/h3-10,17H,11,23H2,1-2H3,(H,24,29)(H,27,28). The molecule has 0 aliphatic heterocycles. The van der Waals surface area contributed by atoms with Gasteiger partial charge in [0.15, 0.2) is 23.2 Å². The van der Waals surface area contributed by atoms with Crippen LogP contribution in [-0.4, -0.2) is 46.7 Å². The maximum Gasteiger partial charge on any atom is 0.328 e. The van der Waals surface area contributed by atoms with Gasteiger partial charge in [0, 0.05) is 16.1 Å². The molecule has 1 unspecified atom stereocenters. The molecule has 0 heterocycles. The minimum atomic E-state index is -1.71. The van der Waals surface area contributed by atoms with Gasteiger partial charge in [0.25, 0.3) is 5.91 Å². The zero-order valence-electron chi connectivity index (χ0n) is 16.3. The van der Waals surface area contributed by atoms with Crippen molar-refractivity contribution in [3.8, 4) is 5.75 Å². The van der Waals surface area contributed by atoms with Crippen LogP contribution in [0.25, 0.3) is 0 Å². The fourth-order valence-corrected chi connectivity index (χ4v) is 2.54. The van der Waals surface area contributed by atoms with Crippen molar-refractivity contribution < 1.29 is 29.0 Å². The van der Waals surface area contributed by atoms with Crippen molar-refractivity contribution in [2.75, 3.05) is 6.54 Å². The summed E-state index contributed by atoms with van der Waals surface area (Å²) in [5.41, 5.74) is 4.75. The van der Waals surface area contributed by atoms with E-state index in [2.05, 4.69) is 5.32 Å². The molecule has 0 saturated heterocycles. The van der Waals surface area contributed by atoms with E-state index in [1.807, 2.05) is 0 Å². The summed E-state index contributed by atoms with van der Waals surface area (Å²) in [7, 11) is 0. The highest BCUT2D eigenvalue weighted by molar-refractivity contribution is 6.30. The average Bonchev–Trinajstić information content (AvgIpc) is 2.71. The van der Waals surface area contributed by atoms with Crippen molar-refractivity contribution in [1.29, 1.82) is 0 Å². The number of carbonyl (C=O) groups excluding carboxylic acids is 3. The van der Waals surface area contributed by atoms with Crippen molar-refractivity contribution in [2.45, 2.75) is 25.5 Å². The molecular formula is C21H21ClN2O6. The molecule has 9 heteroatoms. The van der Waals surface area contributed by atoms with E-state index < -0.39 is 35.8 Å². The lowest BCUT2D eigenvalue weighted by Crippen LogP contribution is -2.51. The molecule has 30 heavy (non-hydrogen) atoms. The number of carboxylic acid groups (broad SMARTS) is 1. The van der Waals surface area contributed by atoms with Gasteiger partial charge in [0.1, 0.15) is 5.75 Å². The highest BCUT2D eigenvalue weighted by atomic mass is 35.5. The lowest BCUT2D eigenvalue weighted by molar-refractivity contribution is -0.143. The van der Waals surface area contributed by atoms with Crippen LogP contribution >= 0.6 is 11.6 Å². The predicted molar refractivity (Wildman–Crippen MR) is 110 cm³/mol. The molecule has 1 atom stereocenters. The van der Waals surface area contributed by atoms with Crippen LogP contribution in [0.15, 0.2) is 48.5 Å². The first kappa shape index (κ1) is 23.1. The van der Waals surface area contributed by atoms with Gasteiger partial charge in [-0.3, -0.25) is 19.2 Å². The topological polar surface area (TPSA) is 136 Å². The zero-order chi connectivity index (χ0) is 22.5. The number of hydrogen-bond donors (Lipinski definition) is 3. The summed E-state index contributed by atoms with van der Waals surface area (Å²) < 4.78 is 5.66. The minimum absolute atomic E-state index is 0.191. The molecule has 4 N–H and O–H groups in total. The number of ketones is 2. The number of hydrogen-bond acceptors (Lipinski definition) is 6. The number of carbonyl (C=O) groups is 4. The molecule has 158 valence electrons. The van der Waals surface area contributed by atoms with E-state index in [0.717, 1.165) is 0 Å². The van der Waals surface area contributed by atoms with Gasteiger partial charge >= 0.3 is 5.97 Å². The second-order valence-electron chi connectivity index (χ2n) is 6.94. The number of rotatable bonds is 9. The Morgan fingerprint density at radius 1 is 1.03 bits per heavy atom. The van der Waals surface area contributed by atoms with Crippen LogP contribution in [0.2, 0.25) is 5.02 Å². The van der Waals surface area contributed by atoms with E-state index in [1.54, 1.807) is 48.5 Å². The third kappa shape index (κ3) is 5.88. The quantitative estimate of drug-likeness (QED) is 0.406. The van der Waals surface area contributed by atoms with Crippen LogP contribution in [0.5, 0.6) is 5.75 Å². The Morgan fingerprint density at radius 3 is 2.03 bits per heavy atom. The number of carboxylic acids is 1. The van der Waals surface area contributed by atoms with E-state index in [4.69, 9.17) is 27.2 Å². The Bertz CT molecular complexity index is 954. The van der Waals surface area contributed by atoms with Crippen molar-refractivity contribution in [1.82, 2.24) is 5.32 Å². The molecule has 0 aliphatic rings. The van der Waals surface area contributed by atoms with Gasteiger partial charge < -0.3 is 20.9 Å². The van der Waals surface area contributed by atoms with Crippen LogP contribution < -0.4 is 15.8 Å². The van der Waals surface area contributed by atoms with Gasteiger partial charge in [0.2, 0.25) is 0 Å². The molecular weight excluding hydrogens is 412 g/mol. The summed E-state index contributed by atoms with van der Waals surface area (Å²) in [4.78, 5) is 47.1. The van der Waals surface area contributed by atoms with E-state index in [1.165, 1.54) is 13.8 Å². The highest BCUT2D eigenvalue weighted by Crippen LogP contribution is 2.21. The fraction of sp³-hybridized carbons (Fsp3) is 0.238. The Morgan fingerprint density at radius 2 is 1.53 bits per heavy atom. The monoisotopic (exact) mass is 432 g/mol.